The molecule has 1 radical (unpaired) electrons. The van der Waals surface area contributed by atoms with Crippen LogP contribution in [0, 0.1) is 5.38 Å². The first-order valence-corrected chi connectivity index (χ1v) is 5.55. The van der Waals surface area contributed by atoms with Gasteiger partial charge < -0.3 is 14.2 Å². The zero-order chi connectivity index (χ0) is 11.4. The first kappa shape index (κ1) is 10.8. The summed E-state index contributed by atoms with van der Waals surface area (Å²) in [5, 5.41) is 4.84. The second-order valence-corrected chi connectivity index (χ2v) is 3.76. The molecule has 0 N–H and O–H groups in total. The van der Waals surface area contributed by atoms with Crippen molar-refractivity contribution in [3.63, 3.8) is 0 Å². The Kier molecular flexibility index (Phi) is 3.31. The van der Waals surface area contributed by atoms with Gasteiger partial charge in [-0.3, -0.25) is 0 Å². The smallest absolute Gasteiger partial charge is 0.138 e. The first-order valence-electron chi connectivity index (χ1n) is 4.67. The molecule has 3 nitrogen and oxygen atoms in total. The molecule has 0 saturated heterocycles. The molecule has 0 aliphatic carbocycles. The van der Waals surface area contributed by atoms with Gasteiger partial charge in [-0.1, -0.05) is 0 Å². The number of benzene rings is 1. The van der Waals surface area contributed by atoms with E-state index in [-0.39, 0.29) is 0 Å². The van der Waals surface area contributed by atoms with Crippen LogP contribution in [-0.4, -0.2) is 14.2 Å². The lowest BCUT2D eigenvalue weighted by Gasteiger charge is -2.08. The molecule has 4 heteroatoms. The molecule has 1 aromatic heterocycles. The van der Waals surface area contributed by atoms with Crippen molar-refractivity contribution in [2.45, 2.75) is 0 Å². The molecule has 0 saturated carbocycles. The van der Waals surface area contributed by atoms with Crippen molar-refractivity contribution in [1.29, 1.82) is 0 Å². The summed E-state index contributed by atoms with van der Waals surface area (Å²) in [6, 6.07) is 7.20. The monoisotopic (exact) mass is 235 g/mol. The van der Waals surface area contributed by atoms with Gasteiger partial charge in [0, 0.05) is 35.0 Å². The van der Waals surface area contributed by atoms with Crippen molar-refractivity contribution < 1.29 is 14.2 Å². The minimum absolute atomic E-state index is 0.683. The second-order valence-electron chi connectivity index (χ2n) is 3.05. The Bertz CT molecular complexity index is 429. The molecule has 0 atom stereocenters. The van der Waals surface area contributed by atoms with E-state index in [0.29, 0.717) is 17.2 Å². The van der Waals surface area contributed by atoms with E-state index < -0.39 is 0 Å². The van der Waals surface area contributed by atoms with Gasteiger partial charge in [0.1, 0.15) is 23.0 Å². The summed E-state index contributed by atoms with van der Waals surface area (Å²) in [4.78, 5) is 0. The Labute approximate surface area is 98.2 Å². The van der Waals surface area contributed by atoms with Crippen LogP contribution in [0.4, 0.5) is 0 Å². The van der Waals surface area contributed by atoms with Crippen molar-refractivity contribution in [1.82, 2.24) is 0 Å². The lowest BCUT2D eigenvalue weighted by molar-refractivity contribution is 0.386. The third-order valence-electron chi connectivity index (χ3n) is 2.00. The van der Waals surface area contributed by atoms with Crippen LogP contribution in [0.2, 0.25) is 0 Å². The quantitative estimate of drug-likeness (QED) is 0.813. The van der Waals surface area contributed by atoms with E-state index >= 15 is 0 Å². The van der Waals surface area contributed by atoms with Gasteiger partial charge in [0.15, 0.2) is 0 Å². The highest BCUT2D eigenvalue weighted by Crippen LogP contribution is 2.31. The number of methoxy groups -OCH3 is 2. The fourth-order valence-corrected chi connectivity index (χ4v) is 1.73. The Balaban J connectivity index is 2.26. The maximum absolute atomic E-state index is 5.62. The van der Waals surface area contributed by atoms with E-state index in [9.17, 15) is 0 Å². The molecule has 0 bridgehead atoms. The molecule has 2 rings (SSSR count). The van der Waals surface area contributed by atoms with Crippen LogP contribution in [-0.2, 0) is 0 Å². The molecule has 16 heavy (non-hydrogen) atoms. The van der Waals surface area contributed by atoms with E-state index in [1.165, 1.54) is 11.3 Å². The average molecular weight is 235 g/mol. The largest absolute Gasteiger partial charge is 0.496 e. The van der Waals surface area contributed by atoms with Crippen molar-refractivity contribution in [2.75, 3.05) is 14.2 Å². The number of hydrogen-bond acceptors (Lipinski definition) is 4. The van der Waals surface area contributed by atoms with E-state index in [2.05, 4.69) is 5.38 Å². The molecule has 0 aliphatic heterocycles. The summed E-state index contributed by atoms with van der Waals surface area (Å²) in [6.45, 7) is 0. The molecule has 0 unspecified atom stereocenters. The third kappa shape index (κ3) is 2.46. The highest BCUT2D eigenvalue weighted by Gasteiger charge is 2.04. The zero-order valence-corrected chi connectivity index (χ0v) is 9.84. The van der Waals surface area contributed by atoms with E-state index in [4.69, 9.17) is 14.2 Å². The number of ether oxygens (including phenoxy) is 3. The molecule has 2 aromatic rings. The maximum atomic E-state index is 5.62. The predicted octanol–water partition coefficient (Wildman–Crippen LogP) is 3.36. The first-order chi connectivity index (χ1) is 7.81. The minimum Gasteiger partial charge on any atom is -0.496 e. The van der Waals surface area contributed by atoms with Crippen LogP contribution >= 0.6 is 11.3 Å². The number of thiophene rings is 1. The SMILES string of the molecule is COc1cc(OC)cc(Oc2c[c]sc2)c1. The summed E-state index contributed by atoms with van der Waals surface area (Å²) in [5.74, 6) is 2.85. The van der Waals surface area contributed by atoms with E-state index in [1.807, 2.05) is 5.38 Å². The van der Waals surface area contributed by atoms with Gasteiger partial charge in [-0.05, 0) is 0 Å². The molecule has 1 aromatic carbocycles. The Morgan fingerprint density at radius 2 is 1.56 bits per heavy atom. The number of hydrogen-bond donors (Lipinski definition) is 0. The van der Waals surface area contributed by atoms with Gasteiger partial charge >= 0.3 is 0 Å². The Hall–Kier alpha value is -1.68. The predicted molar refractivity (Wildman–Crippen MR) is 62.8 cm³/mol. The molecule has 0 aliphatic rings. The number of rotatable bonds is 4. The van der Waals surface area contributed by atoms with Crippen molar-refractivity contribution in [3.8, 4) is 23.0 Å². The Morgan fingerprint density at radius 1 is 0.938 bits per heavy atom. The highest BCUT2D eigenvalue weighted by molar-refractivity contribution is 7.07. The summed E-state index contributed by atoms with van der Waals surface area (Å²) < 4.78 is 15.9. The fourth-order valence-electron chi connectivity index (χ4n) is 1.25. The summed E-state index contributed by atoms with van der Waals surface area (Å²) in [6.07, 6.45) is 0. The Morgan fingerprint density at radius 3 is 2.06 bits per heavy atom. The molecule has 1 heterocycles. The third-order valence-corrected chi connectivity index (χ3v) is 2.61. The van der Waals surface area contributed by atoms with Crippen LogP contribution < -0.4 is 14.2 Å². The van der Waals surface area contributed by atoms with Gasteiger partial charge in [-0.15, -0.1) is 11.3 Å². The van der Waals surface area contributed by atoms with Crippen LogP contribution in [0.15, 0.2) is 29.6 Å². The van der Waals surface area contributed by atoms with E-state index in [1.54, 1.807) is 38.5 Å². The van der Waals surface area contributed by atoms with Gasteiger partial charge in [0.2, 0.25) is 0 Å². The van der Waals surface area contributed by atoms with Crippen LogP contribution in [0.3, 0.4) is 0 Å². The van der Waals surface area contributed by atoms with Gasteiger partial charge in [-0.25, -0.2) is 0 Å². The molecule has 0 fully saturated rings. The molecule has 0 amide bonds. The van der Waals surface area contributed by atoms with Crippen molar-refractivity contribution in [3.05, 3.63) is 35.0 Å². The second kappa shape index (κ2) is 4.90. The maximum Gasteiger partial charge on any atom is 0.138 e. The summed E-state index contributed by atoms with van der Waals surface area (Å²) in [5.41, 5.74) is 0. The van der Waals surface area contributed by atoms with Gasteiger partial charge in [0.05, 0.1) is 14.2 Å². The summed E-state index contributed by atoms with van der Waals surface area (Å²) >= 11 is 1.47. The lowest BCUT2D eigenvalue weighted by atomic mass is 10.3. The average Bonchev–Trinajstić information content (AvgIpc) is 2.81. The van der Waals surface area contributed by atoms with Crippen molar-refractivity contribution in [2.24, 2.45) is 0 Å². The molecular weight excluding hydrogens is 224 g/mol. The van der Waals surface area contributed by atoms with Gasteiger partial charge in [-0.2, -0.15) is 0 Å². The molecular formula is C12H11O3S. The highest BCUT2D eigenvalue weighted by atomic mass is 32.1. The van der Waals surface area contributed by atoms with Crippen LogP contribution in [0.1, 0.15) is 0 Å². The van der Waals surface area contributed by atoms with Gasteiger partial charge in [0.25, 0.3) is 0 Å². The fraction of sp³-hybridized carbons (Fsp3) is 0.167. The standard InChI is InChI=1S/C12H11O3S/c1-13-10-5-11(14-2)7-12(6-10)15-9-3-4-16-8-9/h3,5-8H,1-2H3. The van der Waals surface area contributed by atoms with Crippen LogP contribution in [0.5, 0.6) is 23.0 Å². The normalized spacial score (nSPS) is 9.88. The topological polar surface area (TPSA) is 27.7 Å². The van der Waals surface area contributed by atoms with Crippen LogP contribution in [0.25, 0.3) is 0 Å². The molecule has 0 spiro atoms. The zero-order valence-electron chi connectivity index (χ0n) is 9.02. The van der Waals surface area contributed by atoms with Crippen molar-refractivity contribution >= 4 is 11.3 Å². The van der Waals surface area contributed by atoms with E-state index in [0.717, 1.165) is 5.75 Å². The molecule has 83 valence electrons. The lowest BCUT2D eigenvalue weighted by Crippen LogP contribution is -1.89. The minimum atomic E-state index is 0.683. The summed E-state index contributed by atoms with van der Waals surface area (Å²) in [7, 11) is 3.22.